The maximum Gasteiger partial charge on any atom is 0.272 e. The van der Waals surface area contributed by atoms with Gasteiger partial charge in [0.1, 0.15) is 22.5 Å². The molecule has 1 aromatic heterocycles. The van der Waals surface area contributed by atoms with Crippen molar-refractivity contribution in [1.82, 2.24) is 5.32 Å². The van der Waals surface area contributed by atoms with Crippen LogP contribution < -0.4 is 30.2 Å². The van der Waals surface area contributed by atoms with E-state index in [1.54, 1.807) is 60.7 Å². The lowest BCUT2D eigenvalue weighted by Gasteiger charge is -2.16. The lowest BCUT2D eigenvalue weighted by Crippen LogP contribution is -2.30. The van der Waals surface area contributed by atoms with Gasteiger partial charge >= 0.3 is 0 Å². The predicted octanol–water partition coefficient (Wildman–Crippen LogP) is 8.54. The summed E-state index contributed by atoms with van der Waals surface area (Å²) < 4.78 is 16.4. The first-order chi connectivity index (χ1) is 25.7. The summed E-state index contributed by atoms with van der Waals surface area (Å²) in [5.41, 5.74) is 4.43. The molecular weight excluding hydrogens is 709 g/mol. The Morgan fingerprint density at radius 3 is 2.23 bits per heavy atom. The molecule has 10 nitrogen and oxygen atoms in total. The number of ether oxygens (including phenoxy) is 3. The van der Waals surface area contributed by atoms with Gasteiger partial charge in [0.15, 0.2) is 11.5 Å². The van der Waals surface area contributed by atoms with Crippen molar-refractivity contribution in [3.8, 4) is 34.4 Å². The number of aryl methyl sites for hydroxylation is 1. The van der Waals surface area contributed by atoms with E-state index in [4.69, 9.17) is 14.2 Å². The number of amides is 3. The van der Waals surface area contributed by atoms with Crippen LogP contribution in [-0.2, 0) is 9.59 Å². The predicted molar refractivity (Wildman–Crippen MR) is 211 cm³/mol. The lowest BCUT2D eigenvalue weighted by molar-refractivity contribution is -0.116. The van der Waals surface area contributed by atoms with Gasteiger partial charge in [-0.1, -0.05) is 61.0 Å². The molecular formula is C41H38N4O6S2. The average Bonchev–Trinajstić information content (AvgIpc) is 3.59. The zero-order chi connectivity index (χ0) is 37.9. The van der Waals surface area contributed by atoms with Crippen LogP contribution in [0.3, 0.4) is 0 Å². The van der Waals surface area contributed by atoms with Crippen LogP contribution in [0.2, 0.25) is 0 Å². The van der Waals surface area contributed by atoms with Crippen LogP contribution in [0.1, 0.15) is 40.4 Å². The monoisotopic (exact) mass is 746 g/mol. The first-order valence-corrected chi connectivity index (χ1v) is 18.3. The summed E-state index contributed by atoms with van der Waals surface area (Å²) >= 11 is 2.65. The van der Waals surface area contributed by atoms with Gasteiger partial charge in [-0.2, -0.15) is 5.26 Å². The smallest absolute Gasteiger partial charge is 0.272 e. The summed E-state index contributed by atoms with van der Waals surface area (Å²) in [7, 11) is 4.48. The van der Waals surface area contributed by atoms with Crippen molar-refractivity contribution in [1.29, 1.82) is 5.26 Å². The Bertz CT molecular complexity index is 2180. The lowest BCUT2D eigenvalue weighted by atomic mass is 10.0. The molecule has 0 bridgehead atoms. The highest BCUT2D eigenvalue weighted by atomic mass is 32.2. The van der Waals surface area contributed by atoms with Crippen LogP contribution in [0.15, 0.2) is 107 Å². The van der Waals surface area contributed by atoms with Crippen LogP contribution in [0.25, 0.3) is 17.2 Å². The Kier molecular flexibility index (Phi) is 12.9. The third-order valence-corrected chi connectivity index (χ3v) is 10.4. The molecule has 12 heteroatoms. The Balaban J connectivity index is 1.36. The van der Waals surface area contributed by atoms with Gasteiger partial charge in [-0.15, -0.1) is 23.1 Å². The van der Waals surface area contributed by atoms with Crippen molar-refractivity contribution in [3.63, 3.8) is 0 Å². The molecule has 1 atom stereocenters. The number of carbonyl (C=O) groups is 3. The summed E-state index contributed by atoms with van der Waals surface area (Å²) in [5.74, 6) is -0.0869. The second-order valence-corrected chi connectivity index (χ2v) is 13.8. The summed E-state index contributed by atoms with van der Waals surface area (Å²) in [4.78, 5) is 41.3. The van der Waals surface area contributed by atoms with Crippen LogP contribution in [0.4, 0.5) is 10.7 Å². The number of rotatable bonds is 14. The SMILES string of the molecule is CCC(Sc1cccc(NC(=O)/C(=C\c2cc(OC)c(OC)cc2OC)NC(=O)c2ccccc2)c1)C(=O)Nc1scc(-c2ccc(C)cc2)c1C#N. The molecule has 4 aromatic carbocycles. The van der Waals surface area contributed by atoms with Crippen molar-refractivity contribution in [2.45, 2.75) is 30.4 Å². The molecule has 0 aliphatic rings. The highest BCUT2D eigenvalue weighted by molar-refractivity contribution is 8.00. The van der Waals surface area contributed by atoms with E-state index in [-0.39, 0.29) is 11.6 Å². The molecule has 53 heavy (non-hydrogen) atoms. The standard InChI is InChI=1S/C41H38N4O6S2/c1-6-37(40(48)45-41-31(23-42)32(24-52-41)26-17-15-25(2)16-18-26)53-30-14-10-13-29(21-30)43-39(47)33(44-38(46)27-11-8-7-9-12-27)19-28-20-35(50-4)36(51-5)22-34(28)49-3/h7-22,24,37H,6H2,1-5H3,(H,43,47)(H,44,46)(H,45,48)/b33-19+. The zero-order valence-electron chi connectivity index (χ0n) is 29.8. The van der Waals surface area contributed by atoms with E-state index in [1.807, 2.05) is 49.6 Å². The van der Waals surface area contributed by atoms with E-state index >= 15 is 0 Å². The molecule has 0 radical (unpaired) electrons. The van der Waals surface area contributed by atoms with Gasteiger partial charge in [-0.05, 0) is 61.4 Å². The van der Waals surface area contributed by atoms with E-state index in [0.717, 1.165) is 21.6 Å². The molecule has 5 aromatic rings. The minimum Gasteiger partial charge on any atom is -0.496 e. The minimum atomic E-state index is -0.593. The van der Waals surface area contributed by atoms with Gasteiger partial charge in [0.05, 0.1) is 32.1 Å². The van der Waals surface area contributed by atoms with Gasteiger partial charge in [-0.25, -0.2) is 0 Å². The fourth-order valence-electron chi connectivity index (χ4n) is 5.29. The Labute approximate surface area is 316 Å². The van der Waals surface area contributed by atoms with Crippen LogP contribution in [-0.4, -0.2) is 44.3 Å². The van der Waals surface area contributed by atoms with Crippen molar-refractivity contribution >= 4 is 57.6 Å². The average molecular weight is 747 g/mol. The number of thioether (sulfide) groups is 1. The highest BCUT2D eigenvalue weighted by Gasteiger charge is 2.23. The summed E-state index contributed by atoms with van der Waals surface area (Å²) in [6, 6.07) is 29.1. The van der Waals surface area contributed by atoms with Gasteiger partial charge < -0.3 is 30.2 Å². The van der Waals surface area contributed by atoms with E-state index in [2.05, 4.69) is 22.0 Å². The molecule has 0 fully saturated rings. The summed E-state index contributed by atoms with van der Waals surface area (Å²) in [6.07, 6.45) is 2.01. The molecule has 0 aliphatic heterocycles. The zero-order valence-corrected chi connectivity index (χ0v) is 31.4. The summed E-state index contributed by atoms with van der Waals surface area (Å²) in [6.45, 7) is 3.91. The molecule has 5 rings (SSSR count). The largest absolute Gasteiger partial charge is 0.496 e. The van der Waals surface area contributed by atoms with Crippen molar-refractivity contribution in [2.75, 3.05) is 32.0 Å². The molecule has 0 spiro atoms. The molecule has 3 N–H and O–H groups in total. The van der Waals surface area contributed by atoms with E-state index in [9.17, 15) is 19.6 Å². The van der Waals surface area contributed by atoms with E-state index < -0.39 is 17.1 Å². The van der Waals surface area contributed by atoms with E-state index in [0.29, 0.717) is 51.0 Å². The Hall–Kier alpha value is -6.03. The number of thiophene rings is 1. The fraction of sp³-hybridized carbons (Fsp3) is 0.171. The molecule has 0 saturated heterocycles. The molecule has 3 amide bonds. The number of nitrogens with one attached hydrogen (secondary N) is 3. The number of anilines is 2. The van der Waals surface area contributed by atoms with E-state index in [1.165, 1.54) is 50.5 Å². The third kappa shape index (κ3) is 9.45. The second-order valence-electron chi connectivity index (χ2n) is 11.6. The molecule has 1 heterocycles. The summed E-state index contributed by atoms with van der Waals surface area (Å²) in [5, 5.41) is 20.4. The number of hydrogen-bond donors (Lipinski definition) is 3. The van der Waals surface area contributed by atoms with Gasteiger partial charge in [0.2, 0.25) is 5.91 Å². The molecule has 0 aliphatic carbocycles. The van der Waals surface area contributed by atoms with Crippen LogP contribution >= 0.6 is 23.1 Å². The Morgan fingerprint density at radius 1 is 0.868 bits per heavy atom. The Morgan fingerprint density at radius 2 is 1.57 bits per heavy atom. The van der Waals surface area contributed by atoms with Crippen LogP contribution in [0.5, 0.6) is 17.2 Å². The fourth-order valence-corrected chi connectivity index (χ4v) is 7.23. The topological polar surface area (TPSA) is 139 Å². The van der Waals surface area contributed by atoms with Crippen molar-refractivity contribution in [3.05, 3.63) is 124 Å². The maximum absolute atomic E-state index is 13.9. The first kappa shape index (κ1) is 38.2. The minimum absolute atomic E-state index is 0.0532. The molecule has 270 valence electrons. The molecule has 1 unspecified atom stereocenters. The molecule has 0 saturated carbocycles. The maximum atomic E-state index is 13.9. The van der Waals surface area contributed by atoms with Crippen LogP contribution in [0, 0.1) is 18.3 Å². The van der Waals surface area contributed by atoms with Crippen molar-refractivity contribution in [2.24, 2.45) is 0 Å². The quantitative estimate of drug-likeness (QED) is 0.0760. The van der Waals surface area contributed by atoms with Gasteiger partial charge in [0.25, 0.3) is 11.8 Å². The second kappa shape index (κ2) is 17.9. The van der Waals surface area contributed by atoms with Gasteiger partial charge in [-0.3, -0.25) is 14.4 Å². The van der Waals surface area contributed by atoms with Gasteiger partial charge in [0, 0.05) is 38.7 Å². The number of nitrogens with zero attached hydrogens (tertiary/aromatic N) is 1. The normalized spacial score (nSPS) is 11.5. The highest BCUT2D eigenvalue weighted by Crippen LogP contribution is 2.37. The van der Waals surface area contributed by atoms with Crippen molar-refractivity contribution < 1.29 is 28.6 Å². The number of hydrogen-bond acceptors (Lipinski definition) is 9. The first-order valence-electron chi connectivity index (χ1n) is 16.5. The number of carbonyl (C=O) groups excluding carboxylic acids is 3. The number of nitriles is 1. The number of benzene rings is 4. The third-order valence-electron chi connectivity index (χ3n) is 8.10. The number of methoxy groups -OCH3 is 3.